The van der Waals surface area contributed by atoms with Crippen molar-refractivity contribution in [2.45, 2.75) is 26.8 Å². The monoisotopic (exact) mass is 277 g/mol. The van der Waals surface area contributed by atoms with Gasteiger partial charge in [0.15, 0.2) is 0 Å². The molecular weight excluding hydrogens is 258 g/mol. The summed E-state index contributed by atoms with van der Waals surface area (Å²) < 4.78 is 0. The van der Waals surface area contributed by atoms with Gasteiger partial charge in [-0.25, -0.2) is 15.0 Å². The number of rotatable bonds is 5. The Morgan fingerprint density at radius 1 is 1.37 bits per heavy atom. The molecule has 0 fully saturated rings. The quantitative estimate of drug-likeness (QED) is 0.910. The highest BCUT2D eigenvalue weighted by Crippen LogP contribution is 2.20. The third kappa shape index (κ3) is 3.20. The van der Waals surface area contributed by atoms with Gasteiger partial charge in [-0.3, -0.25) is 0 Å². The molecule has 2 rings (SSSR count). The first kappa shape index (κ1) is 13.7. The maximum Gasteiger partial charge on any atom is 0.134 e. The molecule has 2 aromatic heterocycles. The Morgan fingerprint density at radius 3 is 2.74 bits per heavy atom. The van der Waals surface area contributed by atoms with Crippen LogP contribution in [0, 0.1) is 6.92 Å². The molecule has 5 nitrogen and oxygen atoms in total. The van der Waals surface area contributed by atoms with Gasteiger partial charge in [-0.2, -0.15) is 0 Å². The lowest BCUT2D eigenvalue weighted by atomic mass is 10.3. The molecule has 102 valence electrons. The normalized spacial score (nSPS) is 10.5. The number of nitrogens with zero attached hydrogens (tertiary/aromatic N) is 4. The van der Waals surface area contributed by atoms with E-state index in [0.29, 0.717) is 0 Å². The van der Waals surface area contributed by atoms with Crippen molar-refractivity contribution in [3.8, 4) is 0 Å². The minimum atomic E-state index is 0.819. The molecule has 0 radical (unpaired) electrons. The lowest BCUT2D eigenvalue weighted by Gasteiger charge is -2.19. The second-order valence-corrected chi connectivity index (χ2v) is 5.29. The molecule has 2 heterocycles. The van der Waals surface area contributed by atoms with E-state index < -0.39 is 0 Å². The zero-order chi connectivity index (χ0) is 13.8. The standard InChI is InChI=1S/C13H19N5S/c1-5-11-16-12(14-3)6-13(17-11)18(4)7-10-9(2)15-8-19-10/h6,8H,5,7H2,1-4H3,(H,14,16,17). The molecule has 6 heteroatoms. The highest BCUT2D eigenvalue weighted by atomic mass is 32.1. The fourth-order valence-corrected chi connectivity index (χ4v) is 2.57. The van der Waals surface area contributed by atoms with E-state index in [-0.39, 0.29) is 0 Å². The van der Waals surface area contributed by atoms with Crippen LogP contribution in [-0.4, -0.2) is 29.0 Å². The van der Waals surface area contributed by atoms with Crippen LogP contribution >= 0.6 is 11.3 Å². The summed E-state index contributed by atoms with van der Waals surface area (Å²) >= 11 is 1.68. The van der Waals surface area contributed by atoms with Crippen molar-refractivity contribution < 1.29 is 0 Å². The van der Waals surface area contributed by atoms with Crippen LogP contribution in [0.1, 0.15) is 23.3 Å². The summed E-state index contributed by atoms with van der Waals surface area (Å²) in [6.45, 7) is 4.92. The van der Waals surface area contributed by atoms with Crippen LogP contribution in [0.3, 0.4) is 0 Å². The van der Waals surface area contributed by atoms with Gasteiger partial charge in [-0.15, -0.1) is 11.3 Å². The molecule has 0 bridgehead atoms. The van der Waals surface area contributed by atoms with E-state index in [4.69, 9.17) is 0 Å². The summed E-state index contributed by atoms with van der Waals surface area (Å²) in [6, 6.07) is 1.97. The highest BCUT2D eigenvalue weighted by molar-refractivity contribution is 7.09. The molecule has 0 aliphatic carbocycles. The Morgan fingerprint density at radius 2 is 2.16 bits per heavy atom. The lowest BCUT2D eigenvalue weighted by Crippen LogP contribution is -2.19. The van der Waals surface area contributed by atoms with Gasteiger partial charge in [0.25, 0.3) is 0 Å². The summed E-state index contributed by atoms with van der Waals surface area (Å²) in [5.74, 6) is 2.65. The fraction of sp³-hybridized carbons (Fsp3) is 0.462. The second kappa shape index (κ2) is 5.97. The van der Waals surface area contributed by atoms with Crippen molar-refractivity contribution in [3.63, 3.8) is 0 Å². The van der Waals surface area contributed by atoms with Gasteiger partial charge in [0, 0.05) is 31.5 Å². The summed E-state index contributed by atoms with van der Waals surface area (Å²) in [7, 11) is 3.92. The highest BCUT2D eigenvalue weighted by Gasteiger charge is 2.10. The van der Waals surface area contributed by atoms with Gasteiger partial charge >= 0.3 is 0 Å². The minimum absolute atomic E-state index is 0.819. The number of anilines is 2. The molecule has 0 spiro atoms. The fourth-order valence-electron chi connectivity index (χ4n) is 1.74. The summed E-state index contributed by atoms with van der Waals surface area (Å²) in [5, 5.41) is 3.08. The number of hydrogen-bond donors (Lipinski definition) is 1. The molecule has 19 heavy (non-hydrogen) atoms. The van der Waals surface area contributed by atoms with Crippen LogP contribution in [0.4, 0.5) is 11.6 Å². The van der Waals surface area contributed by atoms with Crippen molar-refractivity contribution in [1.82, 2.24) is 15.0 Å². The molecule has 0 saturated carbocycles. The zero-order valence-corrected chi connectivity index (χ0v) is 12.6. The van der Waals surface area contributed by atoms with Crippen LogP contribution in [0.25, 0.3) is 0 Å². The van der Waals surface area contributed by atoms with Gasteiger partial charge in [-0.1, -0.05) is 6.92 Å². The zero-order valence-electron chi connectivity index (χ0n) is 11.8. The summed E-state index contributed by atoms with van der Waals surface area (Å²) in [5.41, 5.74) is 2.98. The molecule has 0 aliphatic rings. The van der Waals surface area contributed by atoms with Crippen LogP contribution in [0.2, 0.25) is 0 Å². The molecule has 0 atom stereocenters. The first-order valence-corrected chi connectivity index (χ1v) is 7.17. The van der Waals surface area contributed by atoms with Crippen molar-refractivity contribution in [1.29, 1.82) is 0 Å². The summed E-state index contributed by atoms with van der Waals surface area (Å²) in [6.07, 6.45) is 0.829. The van der Waals surface area contributed by atoms with Gasteiger partial charge < -0.3 is 10.2 Å². The first-order valence-electron chi connectivity index (χ1n) is 6.29. The minimum Gasteiger partial charge on any atom is -0.373 e. The molecule has 0 unspecified atom stereocenters. The predicted molar refractivity (Wildman–Crippen MR) is 79.9 cm³/mol. The third-order valence-electron chi connectivity index (χ3n) is 2.95. The maximum absolute atomic E-state index is 4.57. The Kier molecular flexibility index (Phi) is 4.31. The first-order chi connectivity index (χ1) is 9.13. The average molecular weight is 277 g/mol. The molecule has 0 aromatic carbocycles. The van der Waals surface area contributed by atoms with Crippen LogP contribution in [0.5, 0.6) is 0 Å². The lowest BCUT2D eigenvalue weighted by molar-refractivity contribution is 0.862. The smallest absolute Gasteiger partial charge is 0.134 e. The maximum atomic E-state index is 4.57. The Bertz CT molecular complexity index is 529. The number of thiazole rings is 1. The Balaban J connectivity index is 2.23. The number of aromatic nitrogens is 3. The second-order valence-electron chi connectivity index (χ2n) is 4.35. The van der Waals surface area contributed by atoms with E-state index in [2.05, 4.69) is 32.1 Å². The third-order valence-corrected chi connectivity index (χ3v) is 3.87. The van der Waals surface area contributed by atoms with Gasteiger partial charge in [0.1, 0.15) is 17.5 Å². The Labute approximate surface area is 117 Å². The van der Waals surface area contributed by atoms with Crippen molar-refractivity contribution >= 4 is 23.0 Å². The van der Waals surface area contributed by atoms with E-state index in [1.807, 2.05) is 32.6 Å². The van der Waals surface area contributed by atoms with Crippen molar-refractivity contribution in [2.75, 3.05) is 24.3 Å². The van der Waals surface area contributed by atoms with Gasteiger partial charge in [0.05, 0.1) is 17.7 Å². The van der Waals surface area contributed by atoms with E-state index in [1.165, 1.54) is 4.88 Å². The molecule has 1 N–H and O–H groups in total. The van der Waals surface area contributed by atoms with Crippen LogP contribution < -0.4 is 10.2 Å². The number of nitrogens with one attached hydrogen (secondary N) is 1. The molecule has 0 aliphatic heterocycles. The molecular formula is C13H19N5S. The van der Waals surface area contributed by atoms with Crippen LogP contribution in [0.15, 0.2) is 11.6 Å². The van der Waals surface area contributed by atoms with E-state index >= 15 is 0 Å². The SMILES string of the molecule is CCc1nc(NC)cc(N(C)Cc2scnc2C)n1. The number of hydrogen-bond acceptors (Lipinski definition) is 6. The van der Waals surface area contributed by atoms with Gasteiger partial charge in [-0.05, 0) is 6.92 Å². The predicted octanol–water partition coefficient (Wildman–Crippen LogP) is 2.48. The Hall–Kier alpha value is -1.69. The molecule has 0 amide bonds. The molecule has 0 saturated heterocycles. The van der Waals surface area contributed by atoms with Crippen LogP contribution in [-0.2, 0) is 13.0 Å². The largest absolute Gasteiger partial charge is 0.373 e. The van der Waals surface area contributed by atoms with Crippen molar-refractivity contribution in [3.05, 3.63) is 28.0 Å². The average Bonchev–Trinajstić information content (AvgIpc) is 2.83. The van der Waals surface area contributed by atoms with Gasteiger partial charge in [0.2, 0.25) is 0 Å². The molecule has 2 aromatic rings. The number of aryl methyl sites for hydroxylation is 2. The van der Waals surface area contributed by atoms with E-state index in [0.717, 1.165) is 36.1 Å². The van der Waals surface area contributed by atoms with E-state index in [1.54, 1.807) is 11.3 Å². The van der Waals surface area contributed by atoms with E-state index in [9.17, 15) is 0 Å². The topological polar surface area (TPSA) is 53.9 Å². The summed E-state index contributed by atoms with van der Waals surface area (Å²) in [4.78, 5) is 16.7. The van der Waals surface area contributed by atoms with Crippen molar-refractivity contribution in [2.24, 2.45) is 0 Å².